The number of guanidine groups is 1. The van der Waals surface area contributed by atoms with Crippen LogP contribution in [0.1, 0.15) is 35.3 Å². The van der Waals surface area contributed by atoms with Gasteiger partial charge in [-0.3, -0.25) is 4.90 Å². The molecule has 0 spiro atoms. The average molecular weight is 481 g/mol. The molecule has 0 bridgehead atoms. The van der Waals surface area contributed by atoms with E-state index in [-0.39, 0.29) is 24.0 Å². The number of nitrogens with zero attached hydrogens (tertiary/aromatic N) is 3. The van der Waals surface area contributed by atoms with E-state index in [1.807, 2.05) is 6.92 Å². The SMILES string of the molecule is CCNC(=NCc1sc(C)nc1C)NCC1CCCN1CCOC.I. The minimum absolute atomic E-state index is 0. The summed E-state index contributed by atoms with van der Waals surface area (Å²) in [5.41, 5.74) is 1.10. The van der Waals surface area contributed by atoms with Gasteiger partial charge in [0.15, 0.2) is 5.96 Å². The summed E-state index contributed by atoms with van der Waals surface area (Å²) in [5.74, 6) is 0.890. The third kappa shape index (κ3) is 7.36. The fourth-order valence-corrected chi connectivity index (χ4v) is 3.92. The second-order valence-corrected chi connectivity index (χ2v) is 7.43. The summed E-state index contributed by atoms with van der Waals surface area (Å²) in [6.07, 6.45) is 2.51. The number of nitrogens with one attached hydrogen (secondary N) is 2. The number of methoxy groups -OCH3 is 1. The van der Waals surface area contributed by atoms with E-state index in [9.17, 15) is 0 Å². The summed E-state index contributed by atoms with van der Waals surface area (Å²) in [6.45, 7) is 11.7. The first-order valence-corrected chi connectivity index (χ1v) is 9.63. The molecule has 8 heteroatoms. The van der Waals surface area contributed by atoms with E-state index < -0.39 is 0 Å². The highest BCUT2D eigenvalue weighted by atomic mass is 127. The lowest BCUT2D eigenvalue weighted by molar-refractivity contribution is 0.141. The van der Waals surface area contributed by atoms with E-state index in [2.05, 4.69) is 34.4 Å². The Morgan fingerprint density at radius 1 is 1.40 bits per heavy atom. The van der Waals surface area contributed by atoms with Crippen molar-refractivity contribution in [1.29, 1.82) is 0 Å². The van der Waals surface area contributed by atoms with Crippen molar-refractivity contribution in [3.8, 4) is 0 Å². The summed E-state index contributed by atoms with van der Waals surface area (Å²) < 4.78 is 5.21. The molecule has 1 saturated heterocycles. The van der Waals surface area contributed by atoms with Crippen LogP contribution >= 0.6 is 35.3 Å². The van der Waals surface area contributed by atoms with Crippen LogP contribution < -0.4 is 10.6 Å². The van der Waals surface area contributed by atoms with Crippen LogP contribution in [0, 0.1) is 13.8 Å². The molecule has 1 unspecified atom stereocenters. The van der Waals surface area contributed by atoms with Crippen LogP contribution in [0.25, 0.3) is 0 Å². The molecule has 0 aromatic carbocycles. The van der Waals surface area contributed by atoms with Crippen molar-refractivity contribution < 1.29 is 4.74 Å². The van der Waals surface area contributed by atoms with Crippen molar-refractivity contribution >= 4 is 41.3 Å². The Kier molecular flexibility index (Phi) is 10.9. The van der Waals surface area contributed by atoms with Crippen LogP contribution in [0.2, 0.25) is 0 Å². The number of likely N-dealkylation sites (tertiary alicyclic amines) is 1. The number of halogens is 1. The Hall–Kier alpha value is -0.450. The molecule has 2 N–H and O–H groups in total. The molecule has 0 aliphatic carbocycles. The minimum atomic E-state index is 0. The molecule has 2 heterocycles. The van der Waals surface area contributed by atoms with Gasteiger partial charge in [0.1, 0.15) is 0 Å². The van der Waals surface area contributed by atoms with E-state index in [0.29, 0.717) is 12.6 Å². The number of ether oxygens (including phenoxy) is 1. The van der Waals surface area contributed by atoms with Gasteiger partial charge in [-0.2, -0.15) is 0 Å². The lowest BCUT2D eigenvalue weighted by Gasteiger charge is -2.25. The topological polar surface area (TPSA) is 61.8 Å². The van der Waals surface area contributed by atoms with Crippen molar-refractivity contribution in [2.75, 3.05) is 39.9 Å². The van der Waals surface area contributed by atoms with Gasteiger partial charge >= 0.3 is 0 Å². The molecule has 1 aromatic heterocycles. The van der Waals surface area contributed by atoms with Crippen molar-refractivity contribution in [1.82, 2.24) is 20.5 Å². The smallest absolute Gasteiger partial charge is 0.191 e. The van der Waals surface area contributed by atoms with Crippen LogP contribution in [-0.2, 0) is 11.3 Å². The van der Waals surface area contributed by atoms with Gasteiger partial charge in [0.25, 0.3) is 0 Å². The molecule has 1 aliphatic rings. The van der Waals surface area contributed by atoms with Crippen molar-refractivity contribution in [3.63, 3.8) is 0 Å². The van der Waals surface area contributed by atoms with Crippen molar-refractivity contribution in [3.05, 3.63) is 15.6 Å². The molecule has 1 aromatic rings. The Labute approximate surface area is 172 Å². The van der Waals surface area contributed by atoms with Gasteiger partial charge in [-0.25, -0.2) is 9.98 Å². The van der Waals surface area contributed by atoms with Crippen LogP contribution in [0.4, 0.5) is 0 Å². The first-order valence-electron chi connectivity index (χ1n) is 8.82. The Bertz CT molecular complexity index is 537. The Morgan fingerprint density at radius 2 is 2.20 bits per heavy atom. The lowest BCUT2D eigenvalue weighted by atomic mass is 10.2. The zero-order valence-corrected chi connectivity index (χ0v) is 18.9. The molecule has 0 amide bonds. The van der Waals surface area contributed by atoms with E-state index in [4.69, 9.17) is 9.73 Å². The highest BCUT2D eigenvalue weighted by Gasteiger charge is 2.23. The van der Waals surface area contributed by atoms with Gasteiger partial charge in [0, 0.05) is 37.7 Å². The second kappa shape index (κ2) is 12.0. The second-order valence-electron chi connectivity index (χ2n) is 6.14. The molecule has 6 nitrogen and oxygen atoms in total. The number of thiazole rings is 1. The van der Waals surface area contributed by atoms with Gasteiger partial charge in [0.05, 0.1) is 23.9 Å². The average Bonchev–Trinajstić information content (AvgIpc) is 3.13. The predicted octanol–water partition coefficient (Wildman–Crippen LogP) is 2.54. The summed E-state index contributed by atoms with van der Waals surface area (Å²) >= 11 is 1.73. The minimum Gasteiger partial charge on any atom is -0.383 e. The summed E-state index contributed by atoms with van der Waals surface area (Å²) in [7, 11) is 1.77. The van der Waals surface area contributed by atoms with Gasteiger partial charge in [-0.1, -0.05) is 0 Å². The van der Waals surface area contributed by atoms with Gasteiger partial charge in [-0.15, -0.1) is 35.3 Å². The molecule has 0 radical (unpaired) electrons. The van der Waals surface area contributed by atoms with Crippen LogP contribution in [0.15, 0.2) is 4.99 Å². The Morgan fingerprint density at radius 3 is 2.84 bits per heavy atom. The van der Waals surface area contributed by atoms with E-state index in [1.165, 1.54) is 24.3 Å². The quantitative estimate of drug-likeness (QED) is 0.340. The van der Waals surface area contributed by atoms with Crippen molar-refractivity contribution in [2.45, 2.75) is 46.2 Å². The van der Waals surface area contributed by atoms with Crippen molar-refractivity contribution in [2.24, 2.45) is 4.99 Å². The first-order chi connectivity index (χ1) is 11.6. The molecule has 1 fully saturated rings. The monoisotopic (exact) mass is 481 g/mol. The van der Waals surface area contributed by atoms with Gasteiger partial charge in [-0.05, 0) is 40.2 Å². The molecule has 144 valence electrons. The number of aliphatic imine (C=N–C) groups is 1. The zero-order chi connectivity index (χ0) is 17.4. The highest BCUT2D eigenvalue weighted by Crippen LogP contribution is 2.18. The molecular weight excluding hydrogens is 449 g/mol. The third-order valence-corrected chi connectivity index (χ3v) is 5.37. The molecule has 25 heavy (non-hydrogen) atoms. The van der Waals surface area contributed by atoms with Gasteiger partial charge < -0.3 is 15.4 Å². The number of aryl methyl sites for hydroxylation is 2. The first kappa shape index (κ1) is 22.6. The van der Waals surface area contributed by atoms with Gasteiger partial charge in [0.2, 0.25) is 0 Å². The maximum Gasteiger partial charge on any atom is 0.191 e. The zero-order valence-electron chi connectivity index (χ0n) is 15.8. The number of hydrogen-bond donors (Lipinski definition) is 2. The molecule has 1 aliphatic heterocycles. The number of rotatable bonds is 8. The van der Waals surface area contributed by atoms with Crippen LogP contribution in [-0.4, -0.2) is 61.8 Å². The maximum absolute atomic E-state index is 5.21. The summed E-state index contributed by atoms with van der Waals surface area (Å²) in [6, 6.07) is 0.566. The normalized spacial score (nSPS) is 18.2. The fourth-order valence-electron chi connectivity index (χ4n) is 3.06. The van der Waals surface area contributed by atoms with Crippen LogP contribution in [0.3, 0.4) is 0 Å². The van der Waals surface area contributed by atoms with Crippen LogP contribution in [0.5, 0.6) is 0 Å². The number of hydrogen-bond acceptors (Lipinski definition) is 5. The Balaban J connectivity index is 0.00000312. The largest absolute Gasteiger partial charge is 0.383 e. The maximum atomic E-state index is 5.21. The van der Waals surface area contributed by atoms with E-state index in [0.717, 1.165) is 42.9 Å². The summed E-state index contributed by atoms with van der Waals surface area (Å²) in [5, 5.41) is 7.95. The number of aromatic nitrogens is 1. The molecule has 1 atom stereocenters. The molecule has 2 rings (SSSR count). The summed E-state index contributed by atoms with van der Waals surface area (Å²) in [4.78, 5) is 13.0. The predicted molar refractivity (Wildman–Crippen MR) is 116 cm³/mol. The highest BCUT2D eigenvalue weighted by molar-refractivity contribution is 14.0. The molecule has 0 saturated carbocycles. The standard InChI is InChI=1S/C17H31N5OS.HI/c1-5-18-17(20-12-16-13(2)21-14(3)24-16)19-11-15-7-6-8-22(15)9-10-23-4;/h15H,5-12H2,1-4H3,(H2,18,19,20);1H. The van der Waals surface area contributed by atoms with E-state index >= 15 is 0 Å². The fraction of sp³-hybridized carbons (Fsp3) is 0.765. The van der Waals surface area contributed by atoms with E-state index in [1.54, 1.807) is 18.4 Å². The lowest BCUT2D eigenvalue weighted by Crippen LogP contribution is -2.45. The third-order valence-electron chi connectivity index (χ3n) is 4.31. The molecular formula is C17H32IN5OS.